The van der Waals surface area contributed by atoms with E-state index in [2.05, 4.69) is 5.32 Å². The quantitative estimate of drug-likeness (QED) is 0.365. The number of fused-ring (bicyclic) bond motifs is 1. The first-order valence-corrected chi connectivity index (χ1v) is 12.9. The monoisotopic (exact) mass is 463 g/mol. The summed E-state index contributed by atoms with van der Waals surface area (Å²) < 4.78 is 0. The first-order chi connectivity index (χ1) is 15.6. The molecule has 32 heavy (non-hydrogen) atoms. The molecule has 0 unspecified atom stereocenters. The highest BCUT2D eigenvalue weighted by atomic mass is 35.5. The first kappa shape index (κ1) is 20.5. The lowest BCUT2D eigenvalue weighted by atomic mass is 9.53. The maximum Gasteiger partial charge on any atom is 0.230 e. The van der Waals surface area contributed by atoms with Crippen molar-refractivity contribution >= 4 is 40.2 Å². The molecule has 0 saturated heterocycles. The molecular weight excluding hydrogens is 438 g/mol. The number of benzene rings is 2. The van der Waals surface area contributed by atoms with E-state index in [4.69, 9.17) is 21.6 Å². The van der Waals surface area contributed by atoms with Gasteiger partial charge in [-0.05, 0) is 74.5 Å². The molecular formula is C26H26ClN3OS. The Bertz CT molecular complexity index is 1150. The third-order valence-corrected chi connectivity index (χ3v) is 8.66. The van der Waals surface area contributed by atoms with E-state index in [-0.39, 0.29) is 11.4 Å². The van der Waals surface area contributed by atoms with Crippen LogP contribution < -0.4 is 5.32 Å². The Morgan fingerprint density at radius 1 is 1.00 bits per heavy atom. The minimum Gasteiger partial charge on any atom is -0.350 e. The molecule has 4 bridgehead atoms. The Hall–Kier alpha value is -2.11. The molecule has 0 aliphatic heterocycles. The molecule has 3 aromatic rings. The fourth-order valence-corrected chi connectivity index (χ4v) is 7.61. The number of hydrogen-bond donors (Lipinski definition) is 1. The van der Waals surface area contributed by atoms with E-state index in [1.807, 2.05) is 48.5 Å². The highest BCUT2D eigenvalue weighted by molar-refractivity contribution is 8.00. The third-order valence-electron chi connectivity index (χ3n) is 7.44. The van der Waals surface area contributed by atoms with Gasteiger partial charge in [-0.3, -0.25) is 4.79 Å². The Morgan fingerprint density at radius 3 is 2.38 bits per heavy atom. The number of hydrogen-bond acceptors (Lipinski definition) is 4. The number of carbonyl (C=O) groups is 1. The minimum absolute atomic E-state index is 0.0403. The summed E-state index contributed by atoms with van der Waals surface area (Å²) in [5, 5.41) is 5.81. The van der Waals surface area contributed by atoms with Crippen LogP contribution in [0.15, 0.2) is 53.6 Å². The summed E-state index contributed by atoms with van der Waals surface area (Å²) in [6.07, 6.45) is 7.62. The zero-order valence-electron chi connectivity index (χ0n) is 17.9. The highest BCUT2D eigenvalue weighted by Gasteiger charge is 2.51. The number of aromatic nitrogens is 2. The molecule has 6 heteroatoms. The zero-order valence-corrected chi connectivity index (χ0v) is 19.5. The lowest BCUT2D eigenvalue weighted by molar-refractivity contribution is -0.124. The van der Waals surface area contributed by atoms with E-state index in [9.17, 15) is 4.79 Å². The summed E-state index contributed by atoms with van der Waals surface area (Å²) in [6, 6.07) is 15.6. The van der Waals surface area contributed by atoms with E-state index in [0.29, 0.717) is 16.6 Å². The van der Waals surface area contributed by atoms with Crippen molar-refractivity contribution < 1.29 is 4.79 Å². The second-order valence-electron chi connectivity index (χ2n) is 9.91. The lowest BCUT2D eigenvalue weighted by Gasteiger charge is -2.56. The summed E-state index contributed by atoms with van der Waals surface area (Å²) in [5.74, 6) is 3.59. The van der Waals surface area contributed by atoms with Crippen LogP contribution in [0.2, 0.25) is 5.02 Å². The number of thioether (sulfide) groups is 1. The summed E-state index contributed by atoms with van der Waals surface area (Å²) in [4.78, 5) is 22.6. The fourth-order valence-electron chi connectivity index (χ4n) is 6.63. The molecule has 4 saturated carbocycles. The van der Waals surface area contributed by atoms with Crippen LogP contribution >= 0.6 is 23.4 Å². The van der Waals surface area contributed by atoms with Crippen LogP contribution in [0.25, 0.3) is 22.3 Å². The van der Waals surface area contributed by atoms with Gasteiger partial charge in [-0.2, -0.15) is 0 Å². The molecule has 4 nitrogen and oxygen atoms in total. The summed E-state index contributed by atoms with van der Waals surface area (Å²) >= 11 is 7.75. The average molecular weight is 464 g/mol. The van der Waals surface area contributed by atoms with Gasteiger partial charge in [0, 0.05) is 21.5 Å². The van der Waals surface area contributed by atoms with Crippen molar-refractivity contribution in [3.63, 3.8) is 0 Å². The molecule has 1 N–H and O–H groups in total. The third kappa shape index (κ3) is 3.90. The van der Waals surface area contributed by atoms with Crippen molar-refractivity contribution in [3.05, 3.63) is 53.6 Å². The summed E-state index contributed by atoms with van der Waals surface area (Å²) in [6.45, 7) is 0. The molecule has 164 valence electrons. The minimum atomic E-state index is 0.0403. The van der Waals surface area contributed by atoms with Gasteiger partial charge in [0.25, 0.3) is 0 Å². The zero-order chi connectivity index (χ0) is 21.7. The number of amides is 1. The predicted molar refractivity (Wildman–Crippen MR) is 130 cm³/mol. The lowest BCUT2D eigenvalue weighted by Crippen LogP contribution is -2.60. The maximum absolute atomic E-state index is 13.1. The molecule has 4 fully saturated rings. The normalized spacial score (nSPS) is 28.2. The van der Waals surface area contributed by atoms with Crippen LogP contribution in [0.4, 0.5) is 0 Å². The van der Waals surface area contributed by atoms with Crippen molar-refractivity contribution in [2.24, 2.45) is 17.8 Å². The van der Waals surface area contributed by atoms with Crippen molar-refractivity contribution in [2.75, 3.05) is 5.75 Å². The van der Waals surface area contributed by atoms with Gasteiger partial charge < -0.3 is 5.32 Å². The van der Waals surface area contributed by atoms with Gasteiger partial charge in [-0.15, -0.1) is 0 Å². The SMILES string of the molecule is O=C(CSc1nc(-c2ccccc2)nc2ccc(Cl)cc12)NC12CC3CC(CC(C3)C1)C2. The average Bonchev–Trinajstić information content (AvgIpc) is 2.77. The molecule has 4 aliphatic carbocycles. The molecule has 2 aromatic carbocycles. The van der Waals surface area contributed by atoms with Gasteiger partial charge in [0.1, 0.15) is 5.03 Å². The van der Waals surface area contributed by atoms with Gasteiger partial charge in [0.2, 0.25) is 5.91 Å². The van der Waals surface area contributed by atoms with Gasteiger partial charge in [-0.1, -0.05) is 53.7 Å². The van der Waals surface area contributed by atoms with Crippen LogP contribution in [0.5, 0.6) is 0 Å². The molecule has 4 aliphatic rings. The molecule has 7 rings (SSSR count). The number of carbonyl (C=O) groups excluding carboxylic acids is 1. The van der Waals surface area contributed by atoms with E-state index < -0.39 is 0 Å². The number of rotatable bonds is 5. The molecule has 0 spiro atoms. The second kappa shape index (κ2) is 8.03. The van der Waals surface area contributed by atoms with E-state index >= 15 is 0 Å². The van der Waals surface area contributed by atoms with Crippen molar-refractivity contribution in [1.29, 1.82) is 0 Å². The van der Waals surface area contributed by atoms with E-state index in [1.165, 1.54) is 50.3 Å². The standard InChI is InChI=1S/C26H26ClN3OS/c27-20-6-7-22-21(11-20)25(29-24(28-22)19-4-2-1-3-5-19)32-15-23(31)30-26-12-16-8-17(13-26)10-18(9-16)14-26/h1-7,11,16-18H,8-10,12-15H2,(H,30,31). The Labute approximate surface area is 197 Å². The maximum atomic E-state index is 13.1. The Balaban J connectivity index is 1.24. The molecule has 1 amide bonds. The van der Waals surface area contributed by atoms with Crippen LogP contribution in [-0.2, 0) is 4.79 Å². The smallest absolute Gasteiger partial charge is 0.230 e. The van der Waals surface area contributed by atoms with Crippen molar-refractivity contribution in [3.8, 4) is 11.4 Å². The van der Waals surface area contributed by atoms with E-state index in [0.717, 1.165) is 39.2 Å². The van der Waals surface area contributed by atoms with Crippen LogP contribution in [0.1, 0.15) is 38.5 Å². The number of nitrogens with one attached hydrogen (secondary N) is 1. The first-order valence-electron chi connectivity index (χ1n) is 11.5. The molecule has 1 heterocycles. The van der Waals surface area contributed by atoms with Gasteiger partial charge in [0.05, 0.1) is 11.3 Å². The summed E-state index contributed by atoms with van der Waals surface area (Å²) in [7, 11) is 0. The van der Waals surface area contributed by atoms with Crippen molar-refractivity contribution in [1.82, 2.24) is 15.3 Å². The van der Waals surface area contributed by atoms with Gasteiger partial charge in [-0.25, -0.2) is 9.97 Å². The summed E-state index contributed by atoms with van der Waals surface area (Å²) in [5.41, 5.74) is 1.84. The molecule has 0 radical (unpaired) electrons. The second-order valence-corrected chi connectivity index (χ2v) is 11.3. The van der Waals surface area contributed by atoms with Gasteiger partial charge in [0.15, 0.2) is 5.82 Å². The number of halogens is 1. The molecule has 0 atom stereocenters. The van der Waals surface area contributed by atoms with Crippen LogP contribution in [-0.4, -0.2) is 27.2 Å². The predicted octanol–water partition coefficient (Wildman–Crippen LogP) is 6.13. The van der Waals surface area contributed by atoms with Gasteiger partial charge >= 0.3 is 0 Å². The largest absolute Gasteiger partial charge is 0.350 e. The van der Waals surface area contributed by atoms with Crippen LogP contribution in [0.3, 0.4) is 0 Å². The molecule has 1 aromatic heterocycles. The van der Waals surface area contributed by atoms with Crippen molar-refractivity contribution in [2.45, 2.75) is 49.1 Å². The number of nitrogens with zero attached hydrogens (tertiary/aromatic N) is 2. The Morgan fingerprint density at radius 2 is 1.69 bits per heavy atom. The highest BCUT2D eigenvalue weighted by Crippen LogP contribution is 2.55. The fraction of sp³-hybridized carbons (Fsp3) is 0.423. The van der Waals surface area contributed by atoms with E-state index in [1.54, 1.807) is 0 Å². The Kier molecular flexibility index (Phi) is 5.14. The topological polar surface area (TPSA) is 54.9 Å². The van der Waals surface area contributed by atoms with Crippen LogP contribution in [0, 0.1) is 17.8 Å².